The molecule has 0 fully saturated rings. The molecule has 3 rings (SSSR count). The third-order valence-electron chi connectivity index (χ3n) is 4.10. The Kier molecular flexibility index (Phi) is 3.32. The Balaban J connectivity index is 2.04. The first-order valence-corrected chi connectivity index (χ1v) is 7.47. The molecular formula is C17H20N2O2. The van der Waals surface area contributed by atoms with Gasteiger partial charge in [-0.2, -0.15) is 0 Å². The number of fused-ring (bicyclic) bond motifs is 1. The number of hydrogen-bond donors (Lipinski definition) is 1. The number of rotatable bonds is 3. The van der Waals surface area contributed by atoms with Crippen LogP contribution < -0.4 is 21.5 Å². The van der Waals surface area contributed by atoms with E-state index in [-0.39, 0.29) is 5.69 Å². The zero-order chi connectivity index (χ0) is 15.1. The summed E-state index contributed by atoms with van der Waals surface area (Å²) in [5.74, 6) is 0.580. The Morgan fingerprint density at radius 3 is 2.67 bits per heavy atom. The number of nitrogens with zero attached hydrogens (tertiary/aromatic N) is 1. The van der Waals surface area contributed by atoms with E-state index >= 15 is 0 Å². The SMILES string of the molecule is CC(C)Cc1ccc2c(c1)N(c1c(N)c(=O)c1=O)CCC2. The summed E-state index contributed by atoms with van der Waals surface area (Å²) in [6, 6.07) is 6.44. The van der Waals surface area contributed by atoms with Gasteiger partial charge in [0.05, 0.1) is 0 Å². The van der Waals surface area contributed by atoms with Crippen LogP contribution in [0.3, 0.4) is 0 Å². The molecule has 0 bridgehead atoms. The lowest BCUT2D eigenvalue weighted by Gasteiger charge is -2.32. The molecule has 0 aromatic heterocycles. The molecule has 21 heavy (non-hydrogen) atoms. The number of anilines is 3. The normalized spacial score (nSPS) is 14.7. The van der Waals surface area contributed by atoms with Gasteiger partial charge in [-0.3, -0.25) is 9.59 Å². The monoisotopic (exact) mass is 284 g/mol. The molecule has 1 aliphatic rings. The van der Waals surface area contributed by atoms with E-state index in [1.807, 2.05) is 4.90 Å². The minimum atomic E-state index is -0.546. The topological polar surface area (TPSA) is 63.4 Å². The average molecular weight is 284 g/mol. The Morgan fingerprint density at radius 1 is 1.24 bits per heavy atom. The summed E-state index contributed by atoms with van der Waals surface area (Å²) in [5.41, 5.74) is 8.76. The maximum atomic E-state index is 11.8. The number of nitrogen functional groups attached to an aromatic ring is 1. The highest BCUT2D eigenvalue weighted by molar-refractivity contribution is 5.80. The molecule has 0 spiro atoms. The molecule has 0 saturated carbocycles. The van der Waals surface area contributed by atoms with Crippen molar-refractivity contribution in [2.75, 3.05) is 17.2 Å². The third kappa shape index (κ3) is 2.24. The van der Waals surface area contributed by atoms with Gasteiger partial charge in [0.1, 0.15) is 11.4 Å². The largest absolute Gasteiger partial charge is 0.394 e. The molecule has 110 valence electrons. The van der Waals surface area contributed by atoms with Crippen LogP contribution in [0.5, 0.6) is 0 Å². The molecular weight excluding hydrogens is 264 g/mol. The molecule has 1 aliphatic heterocycles. The lowest BCUT2D eigenvalue weighted by Crippen LogP contribution is -2.42. The first-order chi connectivity index (χ1) is 9.99. The van der Waals surface area contributed by atoms with Crippen molar-refractivity contribution in [1.29, 1.82) is 0 Å². The second-order valence-corrected chi connectivity index (χ2v) is 6.24. The summed E-state index contributed by atoms with van der Waals surface area (Å²) in [4.78, 5) is 25.1. The van der Waals surface area contributed by atoms with Crippen molar-refractivity contribution >= 4 is 17.1 Å². The van der Waals surface area contributed by atoms with E-state index in [1.165, 1.54) is 11.1 Å². The van der Waals surface area contributed by atoms with E-state index in [9.17, 15) is 9.59 Å². The van der Waals surface area contributed by atoms with E-state index in [0.717, 1.165) is 31.5 Å². The Labute approximate surface area is 123 Å². The highest BCUT2D eigenvalue weighted by atomic mass is 16.2. The average Bonchev–Trinajstić information content (AvgIpc) is 2.47. The number of aryl methyl sites for hydroxylation is 1. The molecule has 4 nitrogen and oxygen atoms in total. The van der Waals surface area contributed by atoms with Gasteiger partial charge in [0.25, 0.3) is 10.9 Å². The van der Waals surface area contributed by atoms with Crippen molar-refractivity contribution in [1.82, 2.24) is 0 Å². The molecule has 2 aromatic rings. The third-order valence-corrected chi connectivity index (χ3v) is 4.10. The summed E-state index contributed by atoms with van der Waals surface area (Å²) >= 11 is 0. The summed E-state index contributed by atoms with van der Waals surface area (Å²) < 4.78 is 0. The van der Waals surface area contributed by atoms with Crippen LogP contribution in [0.1, 0.15) is 31.4 Å². The van der Waals surface area contributed by atoms with Crippen molar-refractivity contribution in [2.24, 2.45) is 5.92 Å². The minimum Gasteiger partial charge on any atom is -0.394 e. The van der Waals surface area contributed by atoms with Gasteiger partial charge in [0, 0.05) is 12.2 Å². The van der Waals surface area contributed by atoms with Crippen LogP contribution >= 0.6 is 0 Å². The predicted molar refractivity (Wildman–Crippen MR) is 86.1 cm³/mol. The maximum absolute atomic E-state index is 11.8. The first kappa shape index (κ1) is 13.9. The molecule has 0 saturated heterocycles. The predicted octanol–water partition coefficient (Wildman–Crippen LogP) is 2.15. The van der Waals surface area contributed by atoms with Crippen molar-refractivity contribution in [3.05, 3.63) is 49.8 Å². The van der Waals surface area contributed by atoms with Crippen molar-refractivity contribution in [3.8, 4) is 0 Å². The number of nitrogens with two attached hydrogens (primary N) is 1. The summed E-state index contributed by atoms with van der Waals surface area (Å²) in [5, 5.41) is 0. The minimum absolute atomic E-state index is 0.113. The standard InChI is InChI=1S/C17H20N2O2/c1-10(2)8-11-5-6-12-4-3-7-19(13(12)9-11)15-14(18)16(20)17(15)21/h5-6,9-10H,3-4,7-8,18H2,1-2H3. The van der Waals surface area contributed by atoms with Gasteiger partial charge in [-0.15, -0.1) is 0 Å². The van der Waals surface area contributed by atoms with Crippen LogP contribution in [0.15, 0.2) is 27.8 Å². The Bertz CT molecular complexity index is 755. The zero-order valence-electron chi connectivity index (χ0n) is 12.5. The van der Waals surface area contributed by atoms with Crippen LogP contribution in [-0.2, 0) is 12.8 Å². The van der Waals surface area contributed by atoms with Crippen molar-refractivity contribution in [2.45, 2.75) is 33.1 Å². The highest BCUT2D eigenvalue weighted by Crippen LogP contribution is 2.35. The quantitative estimate of drug-likeness (QED) is 0.877. The summed E-state index contributed by atoms with van der Waals surface area (Å²) in [6.07, 6.45) is 2.97. The fourth-order valence-electron chi connectivity index (χ4n) is 3.12. The maximum Gasteiger partial charge on any atom is 0.253 e. The van der Waals surface area contributed by atoms with Crippen LogP contribution in [-0.4, -0.2) is 6.54 Å². The van der Waals surface area contributed by atoms with Gasteiger partial charge < -0.3 is 10.6 Å². The van der Waals surface area contributed by atoms with Crippen LogP contribution in [0, 0.1) is 5.92 Å². The van der Waals surface area contributed by atoms with Gasteiger partial charge in [0.15, 0.2) is 0 Å². The Hall–Kier alpha value is -2.10. The zero-order valence-corrected chi connectivity index (χ0v) is 12.5. The fraction of sp³-hybridized carbons (Fsp3) is 0.412. The molecule has 0 amide bonds. The lowest BCUT2D eigenvalue weighted by molar-refractivity contribution is 0.646. The van der Waals surface area contributed by atoms with E-state index in [1.54, 1.807) is 0 Å². The van der Waals surface area contributed by atoms with Gasteiger partial charge in [-0.05, 0) is 42.4 Å². The second-order valence-electron chi connectivity index (χ2n) is 6.24. The molecule has 0 unspecified atom stereocenters. The molecule has 4 heteroatoms. The molecule has 2 aromatic carbocycles. The Morgan fingerprint density at radius 2 is 2.00 bits per heavy atom. The number of hydrogen-bond acceptors (Lipinski definition) is 4. The highest BCUT2D eigenvalue weighted by Gasteiger charge is 2.28. The van der Waals surface area contributed by atoms with Crippen molar-refractivity contribution in [3.63, 3.8) is 0 Å². The summed E-state index contributed by atoms with van der Waals surface area (Å²) in [6.45, 7) is 5.12. The lowest BCUT2D eigenvalue weighted by atomic mass is 9.95. The number of benzene rings is 1. The van der Waals surface area contributed by atoms with E-state index in [0.29, 0.717) is 11.6 Å². The van der Waals surface area contributed by atoms with Crippen LogP contribution in [0.4, 0.5) is 17.1 Å². The smallest absolute Gasteiger partial charge is 0.253 e. The van der Waals surface area contributed by atoms with Crippen LogP contribution in [0.2, 0.25) is 0 Å². The van der Waals surface area contributed by atoms with Crippen molar-refractivity contribution < 1.29 is 0 Å². The van der Waals surface area contributed by atoms with E-state index in [2.05, 4.69) is 32.0 Å². The van der Waals surface area contributed by atoms with Crippen LogP contribution in [0.25, 0.3) is 0 Å². The second kappa shape index (κ2) is 5.02. The first-order valence-electron chi connectivity index (χ1n) is 7.47. The molecule has 0 atom stereocenters. The van der Waals surface area contributed by atoms with Gasteiger partial charge in [-0.1, -0.05) is 26.0 Å². The van der Waals surface area contributed by atoms with Gasteiger partial charge >= 0.3 is 0 Å². The fourth-order valence-corrected chi connectivity index (χ4v) is 3.12. The molecule has 0 radical (unpaired) electrons. The van der Waals surface area contributed by atoms with Gasteiger partial charge in [-0.25, -0.2) is 0 Å². The molecule has 2 N–H and O–H groups in total. The molecule has 1 heterocycles. The van der Waals surface area contributed by atoms with E-state index in [4.69, 9.17) is 5.73 Å². The summed E-state index contributed by atoms with van der Waals surface area (Å²) in [7, 11) is 0. The van der Waals surface area contributed by atoms with Gasteiger partial charge in [0.2, 0.25) is 0 Å². The molecule has 0 aliphatic carbocycles. The van der Waals surface area contributed by atoms with E-state index < -0.39 is 10.9 Å².